The normalized spacial score (nSPS) is 18.0. The summed E-state index contributed by atoms with van der Waals surface area (Å²) in [6.07, 6.45) is 4.90. The summed E-state index contributed by atoms with van der Waals surface area (Å²) in [5, 5.41) is 3.38. The molecular weight excluding hydrogens is 417 g/mol. The zero-order valence-corrected chi connectivity index (χ0v) is 15.3. The van der Waals surface area contributed by atoms with Gasteiger partial charge < -0.3 is 10.1 Å². The number of nitrogens with one attached hydrogen (secondary N) is 1. The van der Waals surface area contributed by atoms with E-state index in [0.717, 1.165) is 40.3 Å². The third-order valence-electron chi connectivity index (χ3n) is 4.18. The van der Waals surface area contributed by atoms with Gasteiger partial charge in [0.15, 0.2) is 20.8 Å². The molecule has 1 atom stereocenters. The van der Waals surface area contributed by atoms with E-state index in [-0.39, 0.29) is 6.23 Å². The molecule has 1 aliphatic heterocycles. The molecule has 1 N–H and O–H groups in total. The summed E-state index contributed by atoms with van der Waals surface area (Å²) in [4.78, 5) is 13.5. The molecule has 0 aliphatic carbocycles. The maximum Gasteiger partial charge on any atom is 0.175 e. The largest absolute Gasteiger partial charge is 0.364 e. The van der Waals surface area contributed by atoms with E-state index in [1.807, 2.05) is 18.2 Å². The van der Waals surface area contributed by atoms with Gasteiger partial charge in [-0.05, 0) is 24.8 Å². The van der Waals surface area contributed by atoms with E-state index in [4.69, 9.17) is 4.74 Å². The van der Waals surface area contributed by atoms with E-state index in [2.05, 4.69) is 59.6 Å². The summed E-state index contributed by atoms with van der Waals surface area (Å²) in [6.45, 7) is 1.50. The van der Waals surface area contributed by atoms with Gasteiger partial charge in [-0.15, -0.1) is 0 Å². The van der Waals surface area contributed by atoms with E-state index in [0.29, 0.717) is 6.54 Å². The number of aromatic nitrogens is 4. The number of ether oxygens (including phenoxy) is 1. The van der Waals surface area contributed by atoms with Gasteiger partial charge in [-0.25, -0.2) is 15.0 Å². The Labute approximate surface area is 153 Å². The van der Waals surface area contributed by atoms with E-state index >= 15 is 0 Å². The van der Waals surface area contributed by atoms with Crippen molar-refractivity contribution in [3.05, 3.63) is 46.1 Å². The summed E-state index contributed by atoms with van der Waals surface area (Å²) in [6, 6.07) is 10.3. The monoisotopic (exact) mass is 435 g/mol. The first kappa shape index (κ1) is 15.8. The quantitative estimate of drug-likeness (QED) is 0.500. The number of fused-ring (bicyclic) bond motifs is 1. The fourth-order valence-electron chi connectivity index (χ4n) is 2.98. The number of rotatable bonds is 4. The first-order valence-electron chi connectivity index (χ1n) is 8.11. The van der Waals surface area contributed by atoms with Crippen LogP contribution in [0.15, 0.2) is 36.7 Å². The maximum atomic E-state index is 5.92. The van der Waals surface area contributed by atoms with Crippen molar-refractivity contribution in [1.29, 1.82) is 0 Å². The number of anilines is 1. The molecule has 0 saturated carbocycles. The third-order valence-corrected chi connectivity index (χ3v) is 4.94. The predicted molar refractivity (Wildman–Crippen MR) is 101 cm³/mol. The van der Waals surface area contributed by atoms with Gasteiger partial charge in [0.1, 0.15) is 12.6 Å². The first-order valence-corrected chi connectivity index (χ1v) is 9.18. The second kappa shape index (κ2) is 7.02. The molecule has 0 spiro atoms. The van der Waals surface area contributed by atoms with Crippen LogP contribution in [-0.4, -0.2) is 26.1 Å². The Kier molecular flexibility index (Phi) is 4.61. The van der Waals surface area contributed by atoms with Crippen LogP contribution in [0.4, 0.5) is 5.82 Å². The molecule has 0 amide bonds. The molecule has 1 saturated heterocycles. The molecule has 1 aromatic carbocycles. The minimum atomic E-state index is 0.0209. The number of imidazole rings is 1. The Hall–Kier alpha value is -1.74. The highest BCUT2D eigenvalue weighted by Crippen LogP contribution is 2.30. The second-order valence-corrected chi connectivity index (χ2v) is 6.77. The lowest BCUT2D eigenvalue weighted by Crippen LogP contribution is -2.19. The van der Waals surface area contributed by atoms with Gasteiger partial charge in [0, 0.05) is 35.7 Å². The van der Waals surface area contributed by atoms with Gasteiger partial charge in [-0.3, -0.25) is 4.57 Å². The van der Waals surface area contributed by atoms with Crippen LogP contribution in [0.3, 0.4) is 0 Å². The molecule has 0 radical (unpaired) electrons. The van der Waals surface area contributed by atoms with Gasteiger partial charge in [-0.2, -0.15) is 0 Å². The summed E-state index contributed by atoms with van der Waals surface area (Å²) < 4.78 is 8.89. The standard InChI is InChI=1S/C17H18IN5O/c18-17-22-14-15(19-10-12-6-2-1-3-7-12)20-11-21-16(14)23(17)13-8-4-5-9-24-13/h1-3,6-7,11,13H,4-5,8-10H2,(H,19,20,21). The summed E-state index contributed by atoms with van der Waals surface area (Å²) >= 11 is 2.25. The molecule has 124 valence electrons. The molecule has 1 aliphatic rings. The summed E-state index contributed by atoms with van der Waals surface area (Å²) in [5.74, 6) is 0.760. The Morgan fingerprint density at radius 1 is 1.21 bits per heavy atom. The van der Waals surface area contributed by atoms with Crippen LogP contribution in [0.5, 0.6) is 0 Å². The minimum Gasteiger partial charge on any atom is -0.364 e. The molecule has 1 fully saturated rings. The number of hydrogen-bond donors (Lipinski definition) is 1. The molecule has 2 aromatic heterocycles. The lowest BCUT2D eigenvalue weighted by molar-refractivity contribution is -0.0313. The SMILES string of the molecule is Ic1nc2c(NCc3ccccc3)ncnc2n1C1CCCCO1. The van der Waals surface area contributed by atoms with Crippen LogP contribution in [0.1, 0.15) is 31.1 Å². The van der Waals surface area contributed by atoms with Crippen molar-refractivity contribution in [1.82, 2.24) is 19.5 Å². The molecule has 0 bridgehead atoms. The zero-order chi connectivity index (χ0) is 16.4. The highest BCUT2D eigenvalue weighted by Gasteiger charge is 2.23. The smallest absolute Gasteiger partial charge is 0.175 e. The van der Waals surface area contributed by atoms with Crippen LogP contribution < -0.4 is 5.32 Å². The van der Waals surface area contributed by atoms with E-state index < -0.39 is 0 Å². The van der Waals surface area contributed by atoms with Crippen molar-refractivity contribution in [3.8, 4) is 0 Å². The Morgan fingerprint density at radius 3 is 2.88 bits per heavy atom. The van der Waals surface area contributed by atoms with Crippen molar-refractivity contribution in [2.24, 2.45) is 0 Å². The van der Waals surface area contributed by atoms with Crippen LogP contribution in [0.2, 0.25) is 0 Å². The van der Waals surface area contributed by atoms with E-state index in [1.165, 1.54) is 12.0 Å². The van der Waals surface area contributed by atoms with Crippen LogP contribution in [-0.2, 0) is 11.3 Å². The van der Waals surface area contributed by atoms with Gasteiger partial charge >= 0.3 is 0 Å². The minimum absolute atomic E-state index is 0.0209. The number of nitrogens with zero attached hydrogens (tertiary/aromatic N) is 4. The van der Waals surface area contributed by atoms with E-state index in [1.54, 1.807) is 6.33 Å². The van der Waals surface area contributed by atoms with Crippen molar-refractivity contribution in [2.75, 3.05) is 11.9 Å². The molecule has 4 rings (SSSR count). The lowest BCUT2D eigenvalue weighted by Gasteiger charge is -2.24. The van der Waals surface area contributed by atoms with Crippen LogP contribution in [0.25, 0.3) is 11.2 Å². The third kappa shape index (κ3) is 3.10. The van der Waals surface area contributed by atoms with Crippen molar-refractivity contribution in [3.63, 3.8) is 0 Å². The average Bonchev–Trinajstić information content (AvgIpc) is 2.98. The number of hydrogen-bond acceptors (Lipinski definition) is 5. The fourth-order valence-corrected chi connectivity index (χ4v) is 3.76. The highest BCUT2D eigenvalue weighted by atomic mass is 127. The molecule has 6 nitrogen and oxygen atoms in total. The van der Waals surface area contributed by atoms with Crippen molar-refractivity contribution in [2.45, 2.75) is 32.0 Å². The Morgan fingerprint density at radius 2 is 2.08 bits per heavy atom. The second-order valence-electron chi connectivity index (χ2n) is 5.81. The number of halogens is 1. The number of benzene rings is 1. The van der Waals surface area contributed by atoms with Crippen molar-refractivity contribution < 1.29 is 4.74 Å². The van der Waals surface area contributed by atoms with Gasteiger partial charge in [0.25, 0.3) is 0 Å². The van der Waals surface area contributed by atoms with Gasteiger partial charge in [0.2, 0.25) is 0 Å². The first-order chi connectivity index (χ1) is 11.8. The molecule has 7 heteroatoms. The van der Waals surface area contributed by atoms with Gasteiger partial charge in [0.05, 0.1) is 0 Å². The summed E-state index contributed by atoms with van der Waals surface area (Å²) in [5.41, 5.74) is 2.83. The van der Waals surface area contributed by atoms with Crippen LogP contribution in [0, 0.1) is 3.83 Å². The molecule has 1 unspecified atom stereocenters. The Bertz CT molecular complexity index is 830. The molecule has 3 heterocycles. The van der Waals surface area contributed by atoms with E-state index in [9.17, 15) is 0 Å². The Balaban J connectivity index is 1.65. The topological polar surface area (TPSA) is 64.9 Å². The molecular formula is C17H18IN5O. The lowest BCUT2D eigenvalue weighted by atomic mass is 10.2. The fraction of sp³-hybridized carbons (Fsp3) is 0.353. The van der Waals surface area contributed by atoms with Gasteiger partial charge in [-0.1, -0.05) is 30.3 Å². The highest BCUT2D eigenvalue weighted by molar-refractivity contribution is 14.1. The van der Waals surface area contributed by atoms with Crippen molar-refractivity contribution >= 4 is 39.6 Å². The molecule has 24 heavy (non-hydrogen) atoms. The van der Waals surface area contributed by atoms with Crippen LogP contribution >= 0.6 is 22.6 Å². The summed E-state index contributed by atoms with van der Waals surface area (Å²) in [7, 11) is 0. The maximum absolute atomic E-state index is 5.92. The average molecular weight is 435 g/mol. The predicted octanol–water partition coefficient (Wildman–Crippen LogP) is 3.74. The zero-order valence-electron chi connectivity index (χ0n) is 13.2. The molecule has 3 aromatic rings.